The summed E-state index contributed by atoms with van der Waals surface area (Å²) in [6.45, 7) is 1.93. The number of anilines is 1. The van der Waals surface area contributed by atoms with Gasteiger partial charge in [0.2, 0.25) is 0 Å². The van der Waals surface area contributed by atoms with Crippen molar-refractivity contribution in [2.45, 2.75) is 6.92 Å². The van der Waals surface area contributed by atoms with E-state index >= 15 is 0 Å². The maximum absolute atomic E-state index is 12.1. The van der Waals surface area contributed by atoms with Crippen molar-refractivity contribution in [1.29, 1.82) is 5.26 Å². The molecule has 0 spiro atoms. The first-order chi connectivity index (χ1) is 11.9. The monoisotopic (exact) mass is 398 g/mol. The van der Waals surface area contributed by atoms with Gasteiger partial charge >= 0.3 is 0 Å². The molecular formula is C17H13Cl3N2O3. The van der Waals surface area contributed by atoms with Crippen molar-refractivity contribution < 1.29 is 14.3 Å². The molecule has 0 aromatic heterocycles. The predicted molar refractivity (Wildman–Crippen MR) is 97.9 cm³/mol. The number of hydrogen-bond donors (Lipinski definition) is 1. The number of nitrogens with zero attached hydrogens (tertiary/aromatic N) is 1. The summed E-state index contributed by atoms with van der Waals surface area (Å²) in [5, 5.41) is 12.3. The lowest BCUT2D eigenvalue weighted by Crippen LogP contribution is -2.20. The highest BCUT2D eigenvalue weighted by Crippen LogP contribution is 2.32. The van der Waals surface area contributed by atoms with Crippen molar-refractivity contribution in [2.75, 3.05) is 18.5 Å². The number of nitriles is 1. The highest BCUT2D eigenvalue weighted by atomic mass is 35.5. The molecule has 1 amide bonds. The topological polar surface area (TPSA) is 71.3 Å². The van der Waals surface area contributed by atoms with E-state index in [-0.39, 0.29) is 16.7 Å². The van der Waals surface area contributed by atoms with Crippen LogP contribution in [0, 0.1) is 11.3 Å². The summed E-state index contributed by atoms with van der Waals surface area (Å²) in [7, 11) is 0. The molecule has 2 rings (SSSR count). The average Bonchev–Trinajstić information content (AvgIpc) is 2.58. The molecular weight excluding hydrogens is 387 g/mol. The lowest BCUT2D eigenvalue weighted by molar-refractivity contribution is -0.118. The number of hydrogen-bond acceptors (Lipinski definition) is 4. The van der Waals surface area contributed by atoms with Gasteiger partial charge in [0.15, 0.2) is 18.1 Å². The van der Waals surface area contributed by atoms with Crippen molar-refractivity contribution in [3.05, 3.63) is 51.0 Å². The second-order valence-electron chi connectivity index (χ2n) is 4.79. The van der Waals surface area contributed by atoms with Crippen LogP contribution in [0.25, 0.3) is 0 Å². The molecule has 0 radical (unpaired) electrons. The third-order valence-electron chi connectivity index (χ3n) is 3.02. The van der Waals surface area contributed by atoms with Crippen molar-refractivity contribution in [2.24, 2.45) is 0 Å². The van der Waals surface area contributed by atoms with Crippen molar-refractivity contribution >= 4 is 46.4 Å². The van der Waals surface area contributed by atoms with Gasteiger partial charge in [0, 0.05) is 6.07 Å². The van der Waals surface area contributed by atoms with E-state index in [1.807, 2.05) is 13.0 Å². The number of amides is 1. The van der Waals surface area contributed by atoms with Crippen LogP contribution in [0.1, 0.15) is 12.5 Å². The van der Waals surface area contributed by atoms with Crippen LogP contribution < -0.4 is 14.8 Å². The second kappa shape index (κ2) is 8.82. The molecule has 25 heavy (non-hydrogen) atoms. The van der Waals surface area contributed by atoms with Gasteiger partial charge in [-0.25, -0.2) is 0 Å². The maximum Gasteiger partial charge on any atom is 0.262 e. The van der Waals surface area contributed by atoms with Gasteiger partial charge in [0.25, 0.3) is 5.91 Å². The van der Waals surface area contributed by atoms with Gasteiger partial charge in [-0.15, -0.1) is 0 Å². The Morgan fingerprint density at radius 1 is 1.08 bits per heavy atom. The second-order valence-corrected chi connectivity index (χ2v) is 6.01. The predicted octanol–water partition coefficient (Wildman–Crippen LogP) is 4.93. The molecule has 0 bridgehead atoms. The Hall–Kier alpha value is -2.13. The molecule has 0 heterocycles. The Labute approximate surface area is 160 Å². The van der Waals surface area contributed by atoms with Crippen molar-refractivity contribution in [3.63, 3.8) is 0 Å². The van der Waals surface area contributed by atoms with E-state index in [1.54, 1.807) is 18.2 Å². The number of nitrogens with one attached hydrogen (secondary N) is 1. The SMILES string of the molecule is CCOc1cc(C#N)ccc1OCC(=O)Nc1cc(Cl)c(Cl)cc1Cl. The number of halogens is 3. The summed E-state index contributed by atoms with van der Waals surface area (Å²) in [5.74, 6) is 0.310. The molecule has 0 aliphatic heterocycles. The van der Waals surface area contributed by atoms with Crippen LogP contribution in [0.5, 0.6) is 11.5 Å². The van der Waals surface area contributed by atoms with Gasteiger partial charge in [-0.1, -0.05) is 34.8 Å². The van der Waals surface area contributed by atoms with Crippen LogP contribution in [0.15, 0.2) is 30.3 Å². The van der Waals surface area contributed by atoms with Crippen LogP contribution >= 0.6 is 34.8 Å². The third kappa shape index (κ3) is 5.17. The fourth-order valence-electron chi connectivity index (χ4n) is 1.91. The lowest BCUT2D eigenvalue weighted by Gasteiger charge is -2.13. The molecule has 1 N–H and O–H groups in total. The van der Waals surface area contributed by atoms with E-state index in [0.29, 0.717) is 34.4 Å². The number of benzene rings is 2. The van der Waals surface area contributed by atoms with Gasteiger partial charge < -0.3 is 14.8 Å². The molecule has 0 saturated carbocycles. The van der Waals surface area contributed by atoms with Crippen LogP contribution in [0.2, 0.25) is 15.1 Å². The Kier molecular flexibility index (Phi) is 6.77. The molecule has 2 aromatic rings. The summed E-state index contributed by atoms with van der Waals surface area (Å²) in [4.78, 5) is 12.1. The van der Waals surface area contributed by atoms with Crippen LogP contribution in [-0.4, -0.2) is 19.1 Å². The standard InChI is InChI=1S/C17H13Cl3N2O3/c1-2-24-16-5-10(8-21)3-4-15(16)25-9-17(23)22-14-7-12(19)11(18)6-13(14)20/h3-7H,2,9H2,1H3,(H,22,23). The van der Waals surface area contributed by atoms with Crippen LogP contribution in [0.4, 0.5) is 5.69 Å². The molecule has 130 valence electrons. The summed E-state index contributed by atoms with van der Waals surface area (Å²) >= 11 is 17.8. The Morgan fingerprint density at radius 2 is 1.80 bits per heavy atom. The Bertz CT molecular complexity index is 835. The first kappa shape index (κ1) is 19.2. The van der Waals surface area contributed by atoms with E-state index < -0.39 is 5.91 Å². The minimum atomic E-state index is -0.438. The smallest absolute Gasteiger partial charge is 0.262 e. The van der Waals surface area contributed by atoms with Crippen molar-refractivity contribution in [3.8, 4) is 17.6 Å². The summed E-state index contributed by atoms with van der Waals surface area (Å²) in [6.07, 6.45) is 0. The maximum atomic E-state index is 12.1. The highest BCUT2D eigenvalue weighted by molar-refractivity contribution is 6.44. The fraction of sp³-hybridized carbons (Fsp3) is 0.176. The molecule has 0 atom stereocenters. The van der Waals surface area contributed by atoms with Crippen molar-refractivity contribution in [1.82, 2.24) is 0 Å². The summed E-state index contributed by atoms with van der Waals surface area (Å²) in [6, 6.07) is 9.61. The molecule has 2 aromatic carbocycles. The quantitative estimate of drug-likeness (QED) is 0.699. The third-order valence-corrected chi connectivity index (χ3v) is 4.05. The zero-order valence-electron chi connectivity index (χ0n) is 13.1. The number of carbonyl (C=O) groups excluding carboxylic acids is 1. The molecule has 0 saturated heterocycles. The van der Waals surface area contributed by atoms with Gasteiger partial charge in [0.1, 0.15) is 0 Å². The van der Waals surface area contributed by atoms with Gasteiger partial charge in [0.05, 0.1) is 39.0 Å². The first-order valence-electron chi connectivity index (χ1n) is 7.18. The van der Waals surface area contributed by atoms with Gasteiger partial charge in [-0.2, -0.15) is 5.26 Å². The zero-order chi connectivity index (χ0) is 18.4. The minimum Gasteiger partial charge on any atom is -0.490 e. The molecule has 5 nitrogen and oxygen atoms in total. The number of carbonyl (C=O) groups is 1. The lowest BCUT2D eigenvalue weighted by atomic mass is 10.2. The van der Waals surface area contributed by atoms with E-state index in [4.69, 9.17) is 49.5 Å². The van der Waals surface area contributed by atoms with E-state index in [0.717, 1.165) is 0 Å². The molecule has 0 aliphatic rings. The molecule has 0 fully saturated rings. The summed E-state index contributed by atoms with van der Waals surface area (Å²) < 4.78 is 10.9. The van der Waals surface area contributed by atoms with Gasteiger partial charge in [-0.05, 0) is 31.2 Å². The minimum absolute atomic E-state index is 0.260. The largest absolute Gasteiger partial charge is 0.490 e. The first-order valence-corrected chi connectivity index (χ1v) is 8.32. The highest BCUT2D eigenvalue weighted by Gasteiger charge is 2.12. The Balaban J connectivity index is 2.05. The summed E-state index contributed by atoms with van der Waals surface area (Å²) in [5.41, 5.74) is 0.761. The van der Waals surface area contributed by atoms with Gasteiger partial charge in [-0.3, -0.25) is 4.79 Å². The normalized spacial score (nSPS) is 10.0. The molecule has 0 aliphatic carbocycles. The van der Waals surface area contributed by atoms with E-state index in [1.165, 1.54) is 12.1 Å². The molecule has 0 unspecified atom stereocenters. The van der Waals surface area contributed by atoms with Crippen LogP contribution in [0.3, 0.4) is 0 Å². The number of rotatable bonds is 6. The fourth-order valence-corrected chi connectivity index (χ4v) is 2.51. The Morgan fingerprint density at radius 3 is 2.48 bits per heavy atom. The van der Waals surface area contributed by atoms with E-state index in [2.05, 4.69) is 5.32 Å². The number of ether oxygens (including phenoxy) is 2. The average molecular weight is 400 g/mol. The zero-order valence-corrected chi connectivity index (χ0v) is 15.4. The van der Waals surface area contributed by atoms with E-state index in [9.17, 15) is 4.79 Å². The molecule has 8 heteroatoms. The van der Waals surface area contributed by atoms with Crippen LogP contribution in [-0.2, 0) is 4.79 Å².